The summed E-state index contributed by atoms with van der Waals surface area (Å²) in [4.78, 5) is 35.8. The fourth-order valence-corrected chi connectivity index (χ4v) is 3.50. The summed E-state index contributed by atoms with van der Waals surface area (Å²) in [6.45, 7) is 3.67. The number of anilines is 2. The van der Waals surface area contributed by atoms with Gasteiger partial charge in [-0.3, -0.25) is 4.79 Å². The number of nitrogens with two attached hydrogens (primary N) is 1. The Morgan fingerprint density at radius 3 is 2.11 bits per heavy atom. The van der Waals surface area contributed by atoms with Crippen molar-refractivity contribution < 1.29 is 18.8 Å². The highest BCUT2D eigenvalue weighted by molar-refractivity contribution is 5.92. The summed E-state index contributed by atoms with van der Waals surface area (Å²) in [6, 6.07) is 18.6. The second-order valence-corrected chi connectivity index (χ2v) is 8.11. The molecule has 0 aliphatic carbocycles. The number of amides is 5. The highest BCUT2D eigenvalue weighted by atomic mass is 19.1. The number of primary amides is 1. The Morgan fingerprint density at radius 1 is 0.800 bits per heavy atom. The number of benzene rings is 3. The van der Waals surface area contributed by atoms with Crippen LogP contribution in [-0.4, -0.2) is 18.0 Å². The van der Waals surface area contributed by atoms with Crippen LogP contribution in [0.1, 0.15) is 42.6 Å². The molecule has 0 spiro atoms. The standard InChI is InChI=1S/C26H28FN5O3/c1-16(18-10-12-21(13-11-18)32-25(28)34)29-26(35)30-17(2)19-7-5-8-22(14-19)31-24(33)15-20-6-3-4-9-23(20)27/h3-14,16-17H,15H2,1-2H3,(H,31,33)(H3,28,32,34)(H2,29,30,35). The predicted octanol–water partition coefficient (Wildman–Crippen LogP) is 4.62. The summed E-state index contributed by atoms with van der Waals surface area (Å²) < 4.78 is 13.8. The van der Waals surface area contributed by atoms with E-state index in [-0.39, 0.29) is 30.4 Å². The summed E-state index contributed by atoms with van der Waals surface area (Å²) in [5.41, 5.74) is 8.18. The lowest BCUT2D eigenvalue weighted by Gasteiger charge is -2.19. The van der Waals surface area contributed by atoms with Gasteiger partial charge in [0.1, 0.15) is 5.82 Å². The highest BCUT2D eigenvalue weighted by Crippen LogP contribution is 2.19. The molecule has 3 aromatic carbocycles. The van der Waals surface area contributed by atoms with Crippen LogP contribution < -0.4 is 27.0 Å². The van der Waals surface area contributed by atoms with Crippen molar-refractivity contribution in [3.63, 3.8) is 0 Å². The summed E-state index contributed by atoms with van der Waals surface area (Å²) in [5.74, 6) is -0.760. The first-order chi connectivity index (χ1) is 16.7. The molecule has 6 N–H and O–H groups in total. The number of urea groups is 2. The van der Waals surface area contributed by atoms with E-state index >= 15 is 0 Å². The monoisotopic (exact) mass is 477 g/mol. The van der Waals surface area contributed by atoms with Gasteiger partial charge in [0.25, 0.3) is 0 Å². The van der Waals surface area contributed by atoms with Crippen LogP contribution in [0.5, 0.6) is 0 Å². The molecule has 2 unspecified atom stereocenters. The molecule has 0 saturated heterocycles. The fraction of sp³-hybridized carbons (Fsp3) is 0.192. The molecule has 2 atom stereocenters. The van der Waals surface area contributed by atoms with E-state index < -0.39 is 11.8 Å². The Labute approximate surface area is 203 Å². The van der Waals surface area contributed by atoms with Gasteiger partial charge in [0.2, 0.25) is 5.91 Å². The number of carbonyl (C=O) groups excluding carboxylic acids is 3. The number of hydrogen-bond acceptors (Lipinski definition) is 3. The van der Waals surface area contributed by atoms with Crippen molar-refractivity contribution in [2.75, 3.05) is 10.6 Å². The van der Waals surface area contributed by atoms with Crippen LogP contribution in [0.25, 0.3) is 0 Å². The summed E-state index contributed by atoms with van der Waals surface area (Å²) in [7, 11) is 0. The van der Waals surface area contributed by atoms with E-state index in [4.69, 9.17) is 5.73 Å². The molecule has 35 heavy (non-hydrogen) atoms. The normalized spacial score (nSPS) is 12.2. The van der Waals surface area contributed by atoms with Crippen LogP contribution in [0.3, 0.4) is 0 Å². The lowest BCUT2D eigenvalue weighted by atomic mass is 10.1. The summed E-state index contributed by atoms with van der Waals surface area (Å²) in [6.07, 6.45) is -0.0788. The Morgan fingerprint density at radius 2 is 1.46 bits per heavy atom. The van der Waals surface area contributed by atoms with E-state index in [1.54, 1.807) is 60.7 Å². The van der Waals surface area contributed by atoms with Gasteiger partial charge >= 0.3 is 12.1 Å². The topological polar surface area (TPSA) is 125 Å². The van der Waals surface area contributed by atoms with Crippen molar-refractivity contribution >= 4 is 29.3 Å². The van der Waals surface area contributed by atoms with Crippen molar-refractivity contribution in [2.45, 2.75) is 32.4 Å². The van der Waals surface area contributed by atoms with E-state index in [1.165, 1.54) is 6.07 Å². The minimum absolute atomic E-state index is 0.0788. The maximum atomic E-state index is 13.8. The third-order valence-corrected chi connectivity index (χ3v) is 5.35. The number of halogens is 1. The molecule has 0 aliphatic rings. The first-order valence-corrected chi connectivity index (χ1v) is 11.1. The minimum Gasteiger partial charge on any atom is -0.351 e. The van der Waals surface area contributed by atoms with Crippen molar-refractivity contribution in [3.8, 4) is 0 Å². The van der Waals surface area contributed by atoms with E-state index in [1.807, 2.05) is 19.9 Å². The average Bonchev–Trinajstić information content (AvgIpc) is 2.80. The van der Waals surface area contributed by atoms with Gasteiger partial charge in [-0.25, -0.2) is 14.0 Å². The van der Waals surface area contributed by atoms with Gasteiger partial charge in [-0.05, 0) is 60.9 Å². The molecule has 0 aliphatic heterocycles. The molecule has 3 aromatic rings. The molecule has 0 heterocycles. The van der Waals surface area contributed by atoms with Crippen molar-refractivity contribution in [2.24, 2.45) is 5.73 Å². The van der Waals surface area contributed by atoms with Crippen LogP contribution in [0.2, 0.25) is 0 Å². The molecule has 3 rings (SSSR count). The van der Waals surface area contributed by atoms with Crippen LogP contribution in [0, 0.1) is 5.82 Å². The lowest BCUT2D eigenvalue weighted by molar-refractivity contribution is -0.115. The van der Waals surface area contributed by atoms with Gasteiger partial charge in [-0.15, -0.1) is 0 Å². The zero-order valence-corrected chi connectivity index (χ0v) is 19.5. The quantitative estimate of drug-likeness (QED) is 0.325. The van der Waals surface area contributed by atoms with E-state index in [0.29, 0.717) is 16.9 Å². The molecule has 9 heteroatoms. The molecule has 0 saturated carbocycles. The smallest absolute Gasteiger partial charge is 0.316 e. The van der Waals surface area contributed by atoms with Crippen molar-refractivity contribution in [1.82, 2.24) is 10.6 Å². The maximum absolute atomic E-state index is 13.8. The van der Waals surface area contributed by atoms with Crippen LogP contribution in [0.4, 0.5) is 25.4 Å². The van der Waals surface area contributed by atoms with E-state index in [0.717, 1.165) is 11.1 Å². The average molecular weight is 478 g/mol. The molecule has 0 aromatic heterocycles. The molecule has 0 bridgehead atoms. The van der Waals surface area contributed by atoms with Crippen molar-refractivity contribution in [1.29, 1.82) is 0 Å². The van der Waals surface area contributed by atoms with Gasteiger partial charge in [-0.2, -0.15) is 0 Å². The predicted molar refractivity (Wildman–Crippen MR) is 133 cm³/mol. The fourth-order valence-electron chi connectivity index (χ4n) is 3.50. The Kier molecular flexibility index (Phi) is 8.39. The number of nitrogens with one attached hydrogen (secondary N) is 4. The third kappa shape index (κ3) is 7.56. The molecule has 0 radical (unpaired) electrons. The minimum atomic E-state index is -0.647. The molecule has 182 valence electrons. The number of hydrogen-bond donors (Lipinski definition) is 5. The van der Waals surface area contributed by atoms with Gasteiger partial charge < -0.3 is 27.0 Å². The van der Waals surface area contributed by atoms with Gasteiger partial charge in [-0.1, -0.05) is 42.5 Å². The van der Waals surface area contributed by atoms with Crippen molar-refractivity contribution in [3.05, 3.63) is 95.3 Å². The lowest BCUT2D eigenvalue weighted by Crippen LogP contribution is -2.38. The highest BCUT2D eigenvalue weighted by Gasteiger charge is 2.14. The largest absolute Gasteiger partial charge is 0.351 e. The summed E-state index contributed by atoms with van der Waals surface area (Å²) >= 11 is 0. The zero-order valence-electron chi connectivity index (χ0n) is 19.5. The van der Waals surface area contributed by atoms with Crippen LogP contribution in [0.15, 0.2) is 72.8 Å². The molecular formula is C26H28FN5O3. The molecular weight excluding hydrogens is 449 g/mol. The van der Waals surface area contributed by atoms with E-state index in [9.17, 15) is 18.8 Å². The second kappa shape index (κ2) is 11.6. The van der Waals surface area contributed by atoms with Crippen LogP contribution >= 0.6 is 0 Å². The Balaban J connectivity index is 1.54. The molecule has 8 nitrogen and oxygen atoms in total. The number of rotatable bonds is 8. The second-order valence-electron chi connectivity index (χ2n) is 8.11. The maximum Gasteiger partial charge on any atom is 0.316 e. The van der Waals surface area contributed by atoms with Gasteiger partial charge in [0.15, 0.2) is 0 Å². The zero-order chi connectivity index (χ0) is 25.4. The van der Waals surface area contributed by atoms with E-state index in [2.05, 4.69) is 21.3 Å². The van der Waals surface area contributed by atoms with Crippen LogP contribution in [-0.2, 0) is 11.2 Å². The Bertz CT molecular complexity index is 1200. The van der Waals surface area contributed by atoms with Gasteiger partial charge in [0, 0.05) is 11.4 Å². The molecule has 5 amide bonds. The Hall–Kier alpha value is -4.40. The van der Waals surface area contributed by atoms with Gasteiger partial charge in [0.05, 0.1) is 18.5 Å². The number of carbonyl (C=O) groups is 3. The third-order valence-electron chi connectivity index (χ3n) is 5.35. The summed E-state index contributed by atoms with van der Waals surface area (Å²) in [5, 5.41) is 11.0. The first kappa shape index (κ1) is 25.2. The first-order valence-electron chi connectivity index (χ1n) is 11.1. The SMILES string of the molecule is CC(NC(=O)NC(C)c1cccc(NC(=O)Cc2ccccc2F)c1)c1ccc(NC(N)=O)cc1. The molecule has 0 fully saturated rings.